The molecule has 0 amide bonds. The molecule has 0 saturated carbocycles. The third-order valence-electron chi connectivity index (χ3n) is 2.88. The summed E-state index contributed by atoms with van der Waals surface area (Å²) in [4.78, 5) is 0.596. The maximum Gasteiger partial charge on any atom is 0.416 e. The molecule has 0 spiro atoms. The quantitative estimate of drug-likeness (QED) is 0.699. The number of hydrogen-bond donors (Lipinski definition) is 1. The Morgan fingerprint density at radius 2 is 2.00 bits per heavy atom. The zero-order chi connectivity index (χ0) is 14.9. The summed E-state index contributed by atoms with van der Waals surface area (Å²) in [5.41, 5.74) is 5.03. The van der Waals surface area contributed by atoms with E-state index >= 15 is 0 Å². The SMILES string of the molecule is Cc1nnc(CSc2ccc(C(F)(F)F)cc2N)n1C. The topological polar surface area (TPSA) is 56.7 Å². The maximum absolute atomic E-state index is 12.5. The summed E-state index contributed by atoms with van der Waals surface area (Å²) in [6, 6.07) is 3.36. The molecule has 0 atom stereocenters. The smallest absolute Gasteiger partial charge is 0.398 e. The van der Waals surface area contributed by atoms with Gasteiger partial charge in [-0.25, -0.2) is 0 Å². The zero-order valence-electron chi connectivity index (χ0n) is 10.9. The average Bonchev–Trinajstić information content (AvgIpc) is 2.67. The molecular formula is C12H13F3N4S. The Kier molecular flexibility index (Phi) is 3.94. The first-order valence-electron chi connectivity index (χ1n) is 5.73. The van der Waals surface area contributed by atoms with Crippen molar-refractivity contribution in [2.75, 3.05) is 5.73 Å². The molecule has 2 N–H and O–H groups in total. The molecule has 2 aromatic rings. The average molecular weight is 302 g/mol. The van der Waals surface area contributed by atoms with Gasteiger partial charge < -0.3 is 10.3 Å². The van der Waals surface area contributed by atoms with Gasteiger partial charge in [-0.05, 0) is 25.1 Å². The van der Waals surface area contributed by atoms with E-state index in [-0.39, 0.29) is 5.69 Å². The Balaban J connectivity index is 2.13. The highest BCUT2D eigenvalue weighted by molar-refractivity contribution is 7.98. The maximum atomic E-state index is 12.5. The summed E-state index contributed by atoms with van der Waals surface area (Å²) in [6.07, 6.45) is -4.38. The first-order valence-corrected chi connectivity index (χ1v) is 6.72. The summed E-state index contributed by atoms with van der Waals surface area (Å²) >= 11 is 1.33. The molecule has 2 rings (SSSR count). The van der Waals surface area contributed by atoms with E-state index in [1.807, 2.05) is 18.5 Å². The van der Waals surface area contributed by atoms with Crippen molar-refractivity contribution in [2.45, 2.75) is 23.7 Å². The largest absolute Gasteiger partial charge is 0.416 e. The second kappa shape index (κ2) is 5.35. The lowest BCUT2D eigenvalue weighted by atomic mass is 10.2. The molecule has 0 bridgehead atoms. The summed E-state index contributed by atoms with van der Waals surface area (Å²) in [5.74, 6) is 2.01. The van der Waals surface area contributed by atoms with Crippen molar-refractivity contribution in [3.05, 3.63) is 35.4 Å². The number of anilines is 1. The number of aryl methyl sites for hydroxylation is 1. The highest BCUT2D eigenvalue weighted by Gasteiger charge is 2.30. The zero-order valence-corrected chi connectivity index (χ0v) is 11.7. The molecule has 108 valence electrons. The fourth-order valence-corrected chi connectivity index (χ4v) is 2.50. The molecule has 1 aromatic heterocycles. The minimum atomic E-state index is -4.38. The van der Waals surface area contributed by atoms with E-state index in [4.69, 9.17) is 5.73 Å². The summed E-state index contributed by atoms with van der Waals surface area (Å²) in [7, 11) is 1.83. The lowest BCUT2D eigenvalue weighted by Gasteiger charge is -2.10. The predicted octanol–water partition coefficient (Wildman–Crippen LogP) is 3.02. The molecule has 1 aromatic carbocycles. The van der Waals surface area contributed by atoms with Gasteiger partial charge in [-0.3, -0.25) is 0 Å². The number of alkyl halides is 3. The van der Waals surface area contributed by atoms with Crippen LogP contribution in [0.25, 0.3) is 0 Å². The van der Waals surface area contributed by atoms with E-state index in [1.165, 1.54) is 17.8 Å². The predicted molar refractivity (Wildman–Crippen MR) is 71.2 cm³/mol. The van der Waals surface area contributed by atoms with Gasteiger partial charge >= 0.3 is 6.18 Å². The fourth-order valence-electron chi connectivity index (χ4n) is 1.58. The summed E-state index contributed by atoms with van der Waals surface area (Å²) in [5, 5.41) is 7.91. The molecule has 0 saturated heterocycles. The van der Waals surface area contributed by atoms with E-state index in [1.54, 1.807) is 0 Å². The van der Waals surface area contributed by atoms with Crippen molar-refractivity contribution in [2.24, 2.45) is 7.05 Å². The Labute approximate surface area is 118 Å². The number of benzene rings is 1. The molecule has 4 nitrogen and oxygen atoms in total. The minimum absolute atomic E-state index is 0.115. The van der Waals surface area contributed by atoms with Crippen LogP contribution >= 0.6 is 11.8 Å². The van der Waals surface area contributed by atoms with Crippen molar-refractivity contribution in [3.8, 4) is 0 Å². The lowest BCUT2D eigenvalue weighted by Crippen LogP contribution is -2.06. The first-order chi connectivity index (χ1) is 9.29. The Bertz CT molecular complexity index is 622. The third kappa shape index (κ3) is 3.06. The normalized spacial score (nSPS) is 11.8. The number of nitrogens with two attached hydrogens (primary N) is 1. The summed E-state index contributed by atoms with van der Waals surface area (Å²) in [6.45, 7) is 1.83. The van der Waals surface area contributed by atoms with E-state index in [9.17, 15) is 13.2 Å². The Morgan fingerprint density at radius 1 is 1.30 bits per heavy atom. The monoisotopic (exact) mass is 302 g/mol. The van der Waals surface area contributed by atoms with Crippen molar-refractivity contribution >= 4 is 17.4 Å². The van der Waals surface area contributed by atoms with Crippen molar-refractivity contribution < 1.29 is 13.2 Å². The molecule has 0 unspecified atom stereocenters. The Hall–Kier alpha value is -1.70. The van der Waals surface area contributed by atoms with Gasteiger partial charge in [-0.1, -0.05) is 0 Å². The number of nitrogen functional groups attached to an aromatic ring is 1. The fraction of sp³-hybridized carbons (Fsp3) is 0.333. The van der Waals surface area contributed by atoms with Crippen LogP contribution in [0.1, 0.15) is 17.2 Å². The second-order valence-corrected chi connectivity index (χ2v) is 5.28. The molecule has 20 heavy (non-hydrogen) atoms. The highest BCUT2D eigenvalue weighted by Crippen LogP contribution is 2.35. The second-order valence-electron chi connectivity index (χ2n) is 4.26. The molecule has 0 aliphatic carbocycles. The van der Waals surface area contributed by atoms with Gasteiger partial charge in [0.2, 0.25) is 0 Å². The summed E-state index contributed by atoms with van der Waals surface area (Å²) < 4.78 is 39.4. The molecular weight excluding hydrogens is 289 g/mol. The van der Waals surface area contributed by atoms with Crippen LogP contribution in [0.3, 0.4) is 0 Å². The van der Waals surface area contributed by atoms with Gasteiger partial charge in [-0.15, -0.1) is 22.0 Å². The van der Waals surface area contributed by atoms with Crippen molar-refractivity contribution in [1.29, 1.82) is 0 Å². The molecule has 1 heterocycles. The minimum Gasteiger partial charge on any atom is -0.398 e. The number of rotatable bonds is 3. The highest BCUT2D eigenvalue weighted by atomic mass is 32.2. The lowest BCUT2D eigenvalue weighted by molar-refractivity contribution is -0.137. The van der Waals surface area contributed by atoms with Crippen molar-refractivity contribution in [3.63, 3.8) is 0 Å². The Morgan fingerprint density at radius 3 is 2.50 bits per heavy atom. The van der Waals surface area contributed by atoms with Crippen LogP contribution in [0, 0.1) is 6.92 Å². The number of hydrogen-bond acceptors (Lipinski definition) is 4. The van der Waals surface area contributed by atoms with Crippen LogP contribution < -0.4 is 5.73 Å². The van der Waals surface area contributed by atoms with Crippen LogP contribution in [-0.4, -0.2) is 14.8 Å². The van der Waals surface area contributed by atoms with Gasteiger partial charge in [-0.2, -0.15) is 13.2 Å². The number of halogens is 3. The molecule has 0 radical (unpaired) electrons. The van der Waals surface area contributed by atoms with E-state index in [0.717, 1.165) is 23.8 Å². The van der Waals surface area contributed by atoms with Crippen LogP contribution in [-0.2, 0) is 19.0 Å². The van der Waals surface area contributed by atoms with E-state index in [0.29, 0.717) is 10.6 Å². The number of nitrogens with zero attached hydrogens (tertiary/aromatic N) is 3. The third-order valence-corrected chi connectivity index (χ3v) is 3.96. The van der Waals surface area contributed by atoms with Crippen molar-refractivity contribution in [1.82, 2.24) is 14.8 Å². The van der Waals surface area contributed by atoms with E-state index < -0.39 is 11.7 Å². The standard InChI is InChI=1S/C12H13F3N4S/c1-7-17-18-11(19(7)2)6-20-10-4-3-8(5-9(10)16)12(13,14)15/h3-5H,6,16H2,1-2H3. The number of thioether (sulfide) groups is 1. The van der Waals surface area contributed by atoms with Crippen LogP contribution in [0.4, 0.5) is 18.9 Å². The molecule has 0 fully saturated rings. The van der Waals surface area contributed by atoms with Gasteiger partial charge in [0.05, 0.1) is 11.3 Å². The van der Waals surface area contributed by atoms with E-state index in [2.05, 4.69) is 10.2 Å². The number of aromatic nitrogens is 3. The molecule has 0 aliphatic heterocycles. The van der Waals surface area contributed by atoms with Gasteiger partial charge in [0.25, 0.3) is 0 Å². The van der Waals surface area contributed by atoms with Gasteiger partial charge in [0.1, 0.15) is 11.6 Å². The van der Waals surface area contributed by atoms with Crippen LogP contribution in [0.5, 0.6) is 0 Å². The van der Waals surface area contributed by atoms with Gasteiger partial charge in [0.15, 0.2) is 0 Å². The van der Waals surface area contributed by atoms with Gasteiger partial charge in [0, 0.05) is 17.6 Å². The van der Waals surface area contributed by atoms with Crippen LogP contribution in [0.2, 0.25) is 0 Å². The van der Waals surface area contributed by atoms with Crippen LogP contribution in [0.15, 0.2) is 23.1 Å². The molecule has 8 heteroatoms. The molecule has 0 aliphatic rings. The first kappa shape index (κ1) is 14.7.